The minimum atomic E-state index is -1.53. The predicted octanol–water partition coefficient (Wildman–Crippen LogP) is 1.60. The summed E-state index contributed by atoms with van der Waals surface area (Å²) in [7, 11) is 1.54. The van der Waals surface area contributed by atoms with E-state index >= 15 is 0 Å². The summed E-state index contributed by atoms with van der Waals surface area (Å²) < 4.78 is 30.4. The van der Waals surface area contributed by atoms with E-state index in [0.717, 1.165) is 0 Å². The first-order chi connectivity index (χ1) is 14.0. The third-order valence-electron chi connectivity index (χ3n) is 4.98. The lowest BCUT2D eigenvalue weighted by Crippen LogP contribution is -2.34. The smallest absolute Gasteiger partial charge is 0.255 e. The van der Waals surface area contributed by atoms with Crippen LogP contribution in [0.15, 0.2) is 24.4 Å². The van der Waals surface area contributed by atoms with Crippen molar-refractivity contribution >= 4 is 22.6 Å². The van der Waals surface area contributed by atoms with Gasteiger partial charge in [0.05, 0.1) is 18.2 Å². The molecule has 0 bridgehead atoms. The number of hydrogen-bond donors (Lipinski definition) is 2. The molecule has 1 unspecified atom stereocenters. The number of alkyl halides is 1. The number of primary amides is 1. The Hall–Kier alpha value is -2.94. The molecule has 0 spiro atoms. The third-order valence-corrected chi connectivity index (χ3v) is 4.98. The maximum Gasteiger partial charge on any atom is 0.255 e. The van der Waals surface area contributed by atoms with Crippen molar-refractivity contribution in [3.8, 4) is 11.6 Å². The van der Waals surface area contributed by atoms with E-state index in [0.29, 0.717) is 35.4 Å². The van der Waals surface area contributed by atoms with Crippen LogP contribution >= 0.6 is 0 Å². The summed E-state index contributed by atoms with van der Waals surface area (Å²) in [4.78, 5) is 27.7. The van der Waals surface area contributed by atoms with Gasteiger partial charge in [0.1, 0.15) is 19.0 Å². The van der Waals surface area contributed by atoms with Crippen LogP contribution in [0.1, 0.15) is 23.7 Å². The molecule has 8 nitrogen and oxygen atoms in total. The Morgan fingerprint density at radius 1 is 1.31 bits per heavy atom. The summed E-state index contributed by atoms with van der Waals surface area (Å²) in [5.74, 6) is -1.10. The summed E-state index contributed by atoms with van der Waals surface area (Å²) in [6.45, 7) is 2.49. The molecule has 0 radical (unpaired) electrons. The Bertz CT molecular complexity index is 907. The molecule has 1 aromatic carbocycles. The molecule has 2 aromatic rings. The van der Waals surface area contributed by atoms with Crippen LogP contribution in [0.4, 0.5) is 4.39 Å². The summed E-state index contributed by atoms with van der Waals surface area (Å²) in [5, 5.41) is 3.93. The van der Waals surface area contributed by atoms with Crippen molar-refractivity contribution in [2.75, 3.05) is 26.9 Å². The van der Waals surface area contributed by atoms with Crippen LogP contribution in [-0.4, -0.2) is 55.9 Å². The fraction of sp³-hybridized carbons (Fsp3) is 0.450. The lowest BCUT2D eigenvalue weighted by Gasteiger charge is -2.19. The number of amides is 2. The fourth-order valence-electron chi connectivity index (χ4n) is 3.43. The lowest BCUT2D eigenvalue weighted by molar-refractivity contribution is -0.123. The van der Waals surface area contributed by atoms with E-state index in [-0.39, 0.29) is 18.8 Å². The van der Waals surface area contributed by atoms with Gasteiger partial charge in [0.15, 0.2) is 6.17 Å². The van der Waals surface area contributed by atoms with Crippen LogP contribution in [0.25, 0.3) is 10.8 Å². The van der Waals surface area contributed by atoms with Gasteiger partial charge >= 0.3 is 0 Å². The van der Waals surface area contributed by atoms with Crippen LogP contribution < -0.4 is 20.5 Å². The van der Waals surface area contributed by atoms with Gasteiger partial charge in [-0.1, -0.05) is 6.92 Å². The molecule has 2 amide bonds. The maximum absolute atomic E-state index is 14.0. The number of halogens is 1. The second kappa shape index (κ2) is 9.04. The van der Waals surface area contributed by atoms with Crippen molar-refractivity contribution in [3.05, 3.63) is 30.0 Å². The SMILES string of the molecule is CCC1[C@H](F)C(=O)N[C@@H]1COc1nccc2cc(C(N)=O)c(OCCOC)cc12. The zero-order valence-corrected chi connectivity index (χ0v) is 16.3. The molecule has 2 heterocycles. The Morgan fingerprint density at radius 2 is 2.10 bits per heavy atom. The molecule has 3 atom stereocenters. The normalized spacial score (nSPS) is 21.2. The van der Waals surface area contributed by atoms with E-state index in [2.05, 4.69) is 10.3 Å². The first-order valence-electron chi connectivity index (χ1n) is 9.37. The fourth-order valence-corrected chi connectivity index (χ4v) is 3.43. The number of carbonyl (C=O) groups is 2. The molecule has 156 valence electrons. The highest BCUT2D eigenvalue weighted by atomic mass is 19.1. The van der Waals surface area contributed by atoms with Crippen molar-refractivity contribution < 1.29 is 28.2 Å². The number of rotatable bonds is 9. The minimum absolute atomic E-state index is 0.0776. The number of ether oxygens (including phenoxy) is 3. The average Bonchev–Trinajstić information content (AvgIpc) is 2.98. The van der Waals surface area contributed by atoms with Crippen LogP contribution in [0, 0.1) is 5.92 Å². The van der Waals surface area contributed by atoms with Crippen molar-refractivity contribution in [2.24, 2.45) is 11.7 Å². The standard InChI is InChI=1S/C20H24FN3O5/c1-3-12-15(24-19(26)17(12)21)10-29-20-13-9-16(28-7-6-27-2)14(18(22)25)8-11(13)4-5-23-20/h4-5,8-9,12,15,17H,3,6-7,10H2,1-2H3,(H2,22,25)(H,24,26)/t12?,15-,17+/m1/s1. The number of nitrogens with two attached hydrogens (primary N) is 1. The molecule has 3 rings (SSSR count). The first-order valence-corrected chi connectivity index (χ1v) is 9.37. The quantitative estimate of drug-likeness (QED) is 0.613. The number of nitrogens with one attached hydrogen (secondary N) is 1. The lowest BCUT2D eigenvalue weighted by atomic mass is 9.97. The monoisotopic (exact) mass is 405 g/mol. The highest BCUT2D eigenvalue weighted by molar-refractivity contribution is 6.01. The van der Waals surface area contributed by atoms with Crippen molar-refractivity contribution in [2.45, 2.75) is 25.6 Å². The molecule has 0 aliphatic carbocycles. The first kappa shape index (κ1) is 20.8. The second-order valence-corrected chi connectivity index (χ2v) is 6.79. The van der Waals surface area contributed by atoms with Gasteiger partial charge in [-0.25, -0.2) is 9.37 Å². The van der Waals surface area contributed by atoms with Gasteiger partial charge in [-0.05, 0) is 30.0 Å². The zero-order chi connectivity index (χ0) is 21.0. The highest BCUT2D eigenvalue weighted by Crippen LogP contribution is 2.32. The molecule has 0 saturated carbocycles. The summed E-state index contributed by atoms with van der Waals surface area (Å²) in [6, 6.07) is 4.52. The number of aromatic nitrogens is 1. The largest absolute Gasteiger partial charge is 0.490 e. The molecule has 1 saturated heterocycles. The zero-order valence-electron chi connectivity index (χ0n) is 16.3. The molecule has 1 aliphatic heterocycles. The number of hydrogen-bond acceptors (Lipinski definition) is 6. The van der Waals surface area contributed by atoms with Gasteiger partial charge in [-0.15, -0.1) is 0 Å². The Kier molecular flexibility index (Phi) is 6.48. The second-order valence-electron chi connectivity index (χ2n) is 6.79. The number of nitrogens with zero attached hydrogens (tertiary/aromatic N) is 1. The van der Waals surface area contributed by atoms with Gasteiger partial charge in [0.2, 0.25) is 5.88 Å². The molecule has 1 fully saturated rings. The summed E-state index contributed by atoms with van der Waals surface area (Å²) >= 11 is 0. The number of fused-ring (bicyclic) bond motifs is 1. The number of benzene rings is 1. The molecule has 1 aromatic heterocycles. The van der Waals surface area contributed by atoms with E-state index in [1.165, 1.54) is 6.20 Å². The molecule has 29 heavy (non-hydrogen) atoms. The van der Waals surface area contributed by atoms with Gasteiger partial charge in [0.25, 0.3) is 11.8 Å². The van der Waals surface area contributed by atoms with Gasteiger partial charge < -0.3 is 25.3 Å². The van der Waals surface area contributed by atoms with Crippen LogP contribution in [0.2, 0.25) is 0 Å². The van der Waals surface area contributed by atoms with Crippen molar-refractivity contribution in [3.63, 3.8) is 0 Å². The average molecular weight is 405 g/mol. The van der Waals surface area contributed by atoms with E-state index in [1.807, 2.05) is 6.92 Å². The molecule has 3 N–H and O–H groups in total. The van der Waals surface area contributed by atoms with Crippen LogP contribution in [0.5, 0.6) is 11.6 Å². The number of pyridine rings is 1. The Labute approximate surface area is 167 Å². The van der Waals surface area contributed by atoms with E-state index in [4.69, 9.17) is 19.9 Å². The maximum atomic E-state index is 14.0. The van der Waals surface area contributed by atoms with Gasteiger partial charge in [0, 0.05) is 24.6 Å². The predicted molar refractivity (Wildman–Crippen MR) is 104 cm³/mol. The van der Waals surface area contributed by atoms with E-state index in [9.17, 15) is 14.0 Å². The number of carbonyl (C=O) groups excluding carboxylic acids is 2. The Balaban J connectivity index is 1.87. The van der Waals surface area contributed by atoms with Gasteiger partial charge in [-0.3, -0.25) is 9.59 Å². The van der Waals surface area contributed by atoms with E-state index in [1.54, 1.807) is 25.3 Å². The van der Waals surface area contributed by atoms with Crippen LogP contribution in [0.3, 0.4) is 0 Å². The molecular weight excluding hydrogens is 381 g/mol. The molecular formula is C20H24FN3O5. The van der Waals surface area contributed by atoms with Gasteiger partial charge in [-0.2, -0.15) is 0 Å². The molecule has 9 heteroatoms. The van der Waals surface area contributed by atoms with E-state index < -0.39 is 29.9 Å². The summed E-state index contributed by atoms with van der Waals surface area (Å²) in [5.41, 5.74) is 5.71. The number of methoxy groups -OCH3 is 1. The van der Waals surface area contributed by atoms with Crippen LogP contribution in [-0.2, 0) is 9.53 Å². The highest BCUT2D eigenvalue weighted by Gasteiger charge is 2.41. The van der Waals surface area contributed by atoms with Crippen molar-refractivity contribution in [1.82, 2.24) is 10.3 Å². The molecule has 1 aliphatic rings. The third kappa shape index (κ3) is 4.40. The minimum Gasteiger partial charge on any atom is -0.490 e. The Morgan fingerprint density at radius 3 is 2.79 bits per heavy atom. The topological polar surface area (TPSA) is 113 Å². The summed E-state index contributed by atoms with van der Waals surface area (Å²) in [6.07, 6.45) is 0.514. The van der Waals surface area contributed by atoms with Crippen molar-refractivity contribution in [1.29, 1.82) is 0 Å².